The van der Waals surface area contributed by atoms with Gasteiger partial charge in [0.25, 0.3) is 0 Å². The zero-order valence-electron chi connectivity index (χ0n) is 12.2. The molecule has 0 spiro atoms. The molecule has 0 fully saturated rings. The minimum absolute atomic E-state index is 0.115. The molecular formula is C15H22BrFN2O. The van der Waals surface area contributed by atoms with Gasteiger partial charge >= 0.3 is 0 Å². The molecule has 0 aliphatic carbocycles. The molecule has 20 heavy (non-hydrogen) atoms. The zero-order chi connectivity index (χ0) is 15.3. The number of hydrogen-bond donors (Lipinski definition) is 1. The maximum absolute atomic E-state index is 13.8. The number of nitrogens with zero attached hydrogens (tertiary/aromatic N) is 1. The highest BCUT2D eigenvalue weighted by atomic mass is 79.9. The molecule has 0 heterocycles. The third kappa shape index (κ3) is 4.28. The Morgan fingerprint density at radius 1 is 1.45 bits per heavy atom. The van der Waals surface area contributed by atoms with Gasteiger partial charge in [-0.2, -0.15) is 0 Å². The molecule has 3 nitrogen and oxygen atoms in total. The molecule has 0 saturated heterocycles. The second-order valence-corrected chi connectivity index (χ2v) is 5.92. The number of benzene rings is 1. The van der Waals surface area contributed by atoms with Crippen molar-refractivity contribution in [1.82, 2.24) is 4.90 Å². The first-order valence-corrected chi connectivity index (χ1v) is 7.68. The SMILES string of the molecule is CCC(C)C(N)C(=O)N(CC)Cc1cc(Br)ccc1F. The van der Waals surface area contributed by atoms with Gasteiger partial charge in [-0.05, 0) is 31.0 Å². The second-order valence-electron chi connectivity index (χ2n) is 5.00. The van der Waals surface area contributed by atoms with Crippen LogP contribution in [0.4, 0.5) is 4.39 Å². The van der Waals surface area contributed by atoms with Gasteiger partial charge in [0, 0.05) is 23.1 Å². The summed E-state index contributed by atoms with van der Waals surface area (Å²) in [6.45, 7) is 6.58. The van der Waals surface area contributed by atoms with Crippen LogP contribution in [0.25, 0.3) is 0 Å². The van der Waals surface area contributed by atoms with Gasteiger partial charge in [0.2, 0.25) is 5.91 Å². The number of halogens is 2. The van der Waals surface area contributed by atoms with Gasteiger partial charge in [0.15, 0.2) is 0 Å². The van der Waals surface area contributed by atoms with Crippen LogP contribution in [0.3, 0.4) is 0 Å². The molecule has 0 aromatic heterocycles. The summed E-state index contributed by atoms with van der Waals surface area (Å²) in [4.78, 5) is 13.9. The van der Waals surface area contributed by atoms with Gasteiger partial charge in [-0.15, -0.1) is 0 Å². The smallest absolute Gasteiger partial charge is 0.240 e. The molecule has 1 amide bonds. The largest absolute Gasteiger partial charge is 0.337 e. The molecule has 1 aromatic rings. The molecule has 2 atom stereocenters. The van der Waals surface area contributed by atoms with Crippen molar-refractivity contribution in [2.45, 2.75) is 39.8 Å². The van der Waals surface area contributed by atoms with Crippen LogP contribution in [-0.4, -0.2) is 23.4 Å². The van der Waals surface area contributed by atoms with E-state index in [4.69, 9.17) is 5.73 Å². The van der Waals surface area contributed by atoms with E-state index in [1.54, 1.807) is 17.0 Å². The molecule has 5 heteroatoms. The molecular weight excluding hydrogens is 323 g/mol. The third-order valence-corrected chi connectivity index (χ3v) is 4.10. The van der Waals surface area contributed by atoms with Crippen LogP contribution in [0.2, 0.25) is 0 Å². The lowest BCUT2D eigenvalue weighted by atomic mass is 9.98. The molecule has 2 N–H and O–H groups in total. The first kappa shape index (κ1) is 17.1. The topological polar surface area (TPSA) is 46.3 Å². The third-order valence-electron chi connectivity index (χ3n) is 3.60. The molecule has 0 bridgehead atoms. The van der Waals surface area contributed by atoms with Gasteiger partial charge in [-0.1, -0.05) is 36.2 Å². The maximum Gasteiger partial charge on any atom is 0.240 e. The molecule has 0 aliphatic rings. The Kier molecular flexibility index (Phi) is 6.62. The number of amides is 1. The minimum atomic E-state index is -0.532. The van der Waals surface area contributed by atoms with E-state index >= 15 is 0 Å². The van der Waals surface area contributed by atoms with Crippen molar-refractivity contribution in [2.75, 3.05) is 6.54 Å². The predicted octanol–water partition coefficient (Wildman–Crippen LogP) is 3.31. The van der Waals surface area contributed by atoms with Crippen LogP contribution in [0.1, 0.15) is 32.8 Å². The Bertz CT molecular complexity index is 467. The molecule has 2 unspecified atom stereocenters. The summed E-state index contributed by atoms with van der Waals surface area (Å²) < 4.78 is 14.6. The van der Waals surface area contributed by atoms with Gasteiger partial charge in [0.1, 0.15) is 5.82 Å². The summed E-state index contributed by atoms with van der Waals surface area (Å²) in [6, 6.07) is 4.20. The Morgan fingerprint density at radius 2 is 2.10 bits per heavy atom. The standard InChI is InChI=1S/C15H22BrFN2O/c1-4-10(3)14(18)15(20)19(5-2)9-11-8-12(16)6-7-13(11)17/h6-8,10,14H,4-5,9,18H2,1-3H3. The Labute approximate surface area is 128 Å². The van der Waals surface area contributed by atoms with Crippen molar-refractivity contribution in [2.24, 2.45) is 11.7 Å². The first-order valence-electron chi connectivity index (χ1n) is 6.88. The summed E-state index contributed by atoms with van der Waals surface area (Å²) in [7, 11) is 0. The average molecular weight is 345 g/mol. The molecule has 0 aliphatic heterocycles. The summed E-state index contributed by atoms with van der Waals surface area (Å²) in [6.07, 6.45) is 0.843. The van der Waals surface area contributed by atoms with Crippen LogP contribution in [0.15, 0.2) is 22.7 Å². The lowest BCUT2D eigenvalue weighted by Gasteiger charge is -2.27. The van der Waals surface area contributed by atoms with E-state index in [0.717, 1.165) is 10.9 Å². The van der Waals surface area contributed by atoms with Crippen molar-refractivity contribution >= 4 is 21.8 Å². The number of nitrogens with two attached hydrogens (primary N) is 1. The van der Waals surface area contributed by atoms with Gasteiger partial charge in [-0.25, -0.2) is 4.39 Å². The zero-order valence-corrected chi connectivity index (χ0v) is 13.8. The molecule has 1 aromatic carbocycles. The van der Waals surface area contributed by atoms with E-state index in [1.165, 1.54) is 6.07 Å². The van der Waals surface area contributed by atoms with E-state index in [1.807, 2.05) is 20.8 Å². The fourth-order valence-electron chi connectivity index (χ4n) is 1.92. The number of likely N-dealkylation sites (N-methyl/N-ethyl adjacent to an activating group) is 1. The molecule has 0 radical (unpaired) electrons. The lowest BCUT2D eigenvalue weighted by molar-refractivity contribution is -0.134. The Morgan fingerprint density at radius 3 is 2.65 bits per heavy atom. The Balaban J connectivity index is 2.86. The van der Waals surface area contributed by atoms with Crippen LogP contribution >= 0.6 is 15.9 Å². The van der Waals surface area contributed by atoms with Gasteiger partial charge in [0.05, 0.1) is 6.04 Å². The van der Waals surface area contributed by atoms with E-state index in [9.17, 15) is 9.18 Å². The number of hydrogen-bond acceptors (Lipinski definition) is 2. The summed E-state index contributed by atoms with van der Waals surface area (Å²) in [5.41, 5.74) is 6.47. The van der Waals surface area contributed by atoms with E-state index < -0.39 is 6.04 Å². The lowest BCUT2D eigenvalue weighted by Crippen LogP contribution is -2.46. The number of carbonyl (C=O) groups is 1. The fourth-order valence-corrected chi connectivity index (χ4v) is 2.33. The summed E-state index contributed by atoms with van der Waals surface area (Å²) in [5, 5.41) is 0. The highest BCUT2D eigenvalue weighted by Crippen LogP contribution is 2.18. The normalized spacial score (nSPS) is 13.9. The predicted molar refractivity (Wildman–Crippen MR) is 82.6 cm³/mol. The highest BCUT2D eigenvalue weighted by molar-refractivity contribution is 9.10. The molecule has 0 saturated carbocycles. The number of carbonyl (C=O) groups excluding carboxylic acids is 1. The van der Waals surface area contributed by atoms with Crippen molar-refractivity contribution in [3.63, 3.8) is 0 Å². The Hall–Kier alpha value is -0.940. The summed E-state index contributed by atoms with van der Waals surface area (Å²) in [5.74, 6) is -0.318. The quantitative estimate of drug-likeness (QED) is 0.860. The van der Waals surface area contributed by atoms with E-state index in [2.05, 4.69) is 15.9 Å². The van der Waals surface area contributed by atoms with Crippen molar-refractivity contribution < 1.29 is 9.18 Å². The van der Waals surface area contributed by atoms with Crippen LogP contribution in [-0.2, 0) is 11.3 Å². The van der Waals surface area contributed by atoms with Crippen LogP contribution in [0.5, 0.6) is 0 Å². The summed E-state index contributed by atoms with van der Waals surface area (Å²) >= 11 is 3.31. The maximum atomic E-state index is 13.8. The van der Waals surface area contributed by atoms with Crippen molar-refractivity contribution in [3.8, 4) is 0 Å². The van der Waals surface area contributed by atoms with Crippen LogP contribution in [0, 0.1) is 11.7 Å². The highest BCUT2D eigenvalue weighted by Gasteiger charge is 2.24. The van der Waals surface area contributed by atoms with Gasteiger partial charge < -0.3 is 10.6 Å². The van der Waals surface area contributed by atoms with Crippen molar-refractivity contribution in [3.05, 3.63) is 34.1 Å². The van der Waals surface area contributed by atoms with Crippen molar-refractivity contribution in [1.29, 1.82) is 0 Å². The van der Waals surface area contributed by atoms with Crippen LogP contribution < -0.4 is 5.73 Å². The minimum Gasteiger partial charge on any atom is -0.337 e. The molecule has 1 rings (SSSR count). The van der Waals surface area contributed by atoms with E-state index in [0.29, 0.717) is 12.1 Å². The second kappa shape index (κ2) is 7.74. The first-order chi connectivity index (χ1) is 9.40. The number of rotatable bonds is 6. The monoisotopic (exact) mass is 344 g/mol. The van der Waals surface area contributed by atoms with E-state index in [-0.39, 0.29) is 24.2 Å². The average Bonchev–Trinajstić information content (AvgIpc) is 2.45. The fraction of sp³-hybridized carbons (Fsp3) is 0.533. The van der Waals surface area contributed by atoms with Gasteiger partial charge in [-0.3, -0.25) is 4.79 Å². The molecule has 112 valence electrons.